The highest BCUT2D eigenvalue weighted by Gasteiger charge is 2.24. The van der Waals surface area contributed by atoms with Gasteiger partial charge in [-0.15, -0.1) is 0 Å². The van der Waals surface area contributed by atoms with E-state index in [0.29, 0.717) is 6.61 Å². The molecule has 0 aromatic carbocycles. The van der Waals surface area contributed by atoms with Gasteiger partial charge in [0.15, 0.2) is 0 Å². The molecule has 0 saturated carbocycles. The first-order chi connectivity index (χ1) is 11.6. The Hall–Kier alpha value is -1.93. The van der Waals surface area contributed by atoms with Gasteiger partial charge in [0.1, 0.15) is 5.69 Å². The summed E-state index contributed by atoms with van der Waals surface area (Å²) in [7, 11) is 0. The van der Waals surface area contributed by atoms with Crippen LogP contribution in [0.15, 0.2) is 9.59 Å². The van der Waals surface area contributed by atoms with Crippen LogP contribution in [-0.2, 0) is 17.8 Å². The lowest BCUT2D eigenvalue weighted by Gasteiger charge is -2.26. The number of rotatable bonds is 5. The fraction of sp³-hybridized carbons (Fsp3) is 0.688. The quantitative estimate of drug-likeness (QED) is 0.806. The Morgan fingerprint density at radius 1 is 1.21 bits per heavy atom. The standard InChI is InChI=1S/C16H23N3O5/c20-14-12(10-18-6-2-1-3-7-18)13(15(21)22)17-16(23)19(14)9-11-5-4-8-24-11/h11H,1-10H2,(H,17,23)(H,21,22)/t11-/m1/s1. The Morgan fingerprint density at radius 3 is 2.58 bits per heavy atom. The number of carbonyl (C=O) groups is 1. The summed E-state index contributed by atoms with van der Waals surface area (Å²) < 4.78 is 6.58. The van der Waals surface area contributed by atoms with Crippen molar-refractivity contribution in [3.8, 4) is 0 Å². The van der Waals surface area contributed by atoms with Gasteiger partial charge in [-0.25, -0.2) is 9.59 Å². The van der Waals surface area contributed by atoms with E-state index < -0.39 is 17.2 Å². The number of carboxylic acids is 1. The van der Waals surface area contributed by atoms with E-state index in [1.165, 1.54) is 0 Å². The summed E-state index contributed by atoms with van der Waals surface area (Å²) in [5.74, 6) is -1.28. The first kappa shape index (κ1) is 16.9. The minimum absolute atomic E-state index is 0.155. The summed E-state index contributed by atoms with van der Waals surface area (Å²) in [5, 5.41) is 9.36. The lowest BCUT2D eigenvalue weighted by atomic mass is 10.1. The predicted molar refractivity (Wildman–Crippen MR) is 86.4 cm³/mol. The van der Waals surface area contributed by atoms with E-state index in [1.807, 2.05) is 0 Å². The molecule has 0 bridgehead atoms. The van der Waals surface area contributed by atoms with Crippen molar-refractivity contribution >= 4 is 5.97 Å². The Kier molecular flexibility index (Phi) is 5.15. The molecule has 132 valence electrons. The van der Waals surface area contributed by atoms with E-state index in [4.69, 9.17) is 4.74 Å². The van der Waals surface area contributed by atoms with Gasteiger partial charge < -0.3 is 14.8 Å². The van der Waals surface area contributed by atoms with Gasteiger partial charge >= 0.3 is 11.7 Å². The maximum atomic E-state index is 12.8. The van der Waals surface area contributed by atoms with Crippen LogP contribution in [0.25, 0.3) is 0 Å². The second-order valence-electron chi connectivity index (χ2n) is 6.48. The van der Waals surface area contributed by atoms with E-state index >= 15 is 0 Å². The number of nitrogens with zero attached hydrogens (tertiary/aromatic N) is 2. The zero-order valence-corrected chi connectivity index (χ0v) is 13.6. The van der Waals surface area contributed by atoms with Gasteiger partial charge in [0.2, 0.25) is 0 Å². The van der Waals surface area contributed by atoms with Crippen molar-refractivity contribution in [3.05, 3.63) is 32.1 Å². The summed E-state index contributed by atoms with van der Waals surface area (Å²) in [5.41, 5.74) is -1.34. The lowest BCUT2D eigenvalue weighted by molar-refractivity contribution is 0.0685. The van der Waals surface area contributed by atoms with Crippen LogP contribution >= 0.6 is 0 Å². The van der Waals surface area contributed by atoms with Crippen molar-refractivity contribution in [2.45, 2.75) is 51.3 Å². The smallest absolute Gasteiger partial charge is 0.352 e. The Balaban J connectivity index is 1.95. The van der Waals surface area contributed by atoms with Crippen molar-refractivity contribution < 1.29 is 14.6 Å². The van der Waals surface area contributed by atoms with Crippen LogP contribution in [0.2, 0.25) is 0 Å². The maximum absolute atomic E-state index is 12.8. The molecule has 1 aromatic heterocycles. The third kappa shape index (κ3) is 3.59. The van der Waals surface area contributed by atoms with Crippen LogP contribution in [0.1, 0.15) is 48.2 Å². The highest BCUT2D eigenvalue weighted by molar-refractivity contribution is 5.86. The minimum atomic E-state index is -1.28. The fourth-order valence-electron chi connectivity index (χ4n) is 3.44. The molecule has 0 spiro atoms. The number of aromatic nitrogens is 2. The average Bonchev–Trinajstić information content (AvgIpc) is 3.08. The van der Waals surface area contributed by atoms with Gasteiger partial charge in [-0.3, -0.25) is 14.3 Å². The number of piperidine rings is 1. The number of ether oxygens (including phenoxy) is 1. The van der Waals surface area contributed by atoms with Crippen LogP contribution in [0, 0.1) is 0 Å². The van der Waals surface area contributed by atoms with Crippen molar-refractivity contribution in [2.75, 3.05) is 19.7 Å². The number of hydrogen-bond acceptors (Lipinski definition) is 5. The van der Waals surface area contributed by atoms with Gasteiger partial charge in [-0.05, 0) is 38.8 Å². The molecule has 8 heteroatoms. The zero-order valence-electron chi connectivity index (χ0n) is 13.6. The topological polar surface area (TPSA) is 105 Å². The summed E-state index contributed by atoms with van der Waals surface area (Å²) in [6, 6.07) is 0. The van der Waals surface area contributed by atoms with Crippen molar-refractivity contribution in [1.82, 2.24) is 14.5 Å². The largest absolute Gasteiger partial charge is 0.477 e. The van der Waals surface area contributed by atoms with Gasteiger partial charge in [0.25, 0.3) is 5.56 Å². The number of hydrogen-bond donors (Lipinski definition) is 2. The van der Waals surface area contributed by atoms with E-state index in [9.17, 15) is 19.5 Å². The summed E-state index contributed by atoms with van der Waals surface area (Å²) >= 11 is 0. The van der Waals surface area contributed by atoms with Gasteiger partial charge in [0.05, 0.1) is 18.2 Å². The number of aromatic carboxylic acids is 1. The summed E-state index contributed by atoms with van der Waals surface area (Å²) in [4.78, 5) is 40.9. The van der Waals surface area contributed by atoms with Crippen LogP contribution < -0.4 is 11.2 Å². The molecule has 0 aliphatic carbocycles. The number of likely N-dealkylation sites (tertiary alicyclic amines) is 1. The van der Waals surface area contributed by atoms with Crippen molar-refractivity contribution in [2.24, 2.45) is 0 Å². The first-order valence-corrected chi connectivity index (χ1v) is 8.49. The SMILES string of the molecule is O=C(O)c1[nH]c(=O)n(C[C@H]2CCCO2)c(=O)c1CN1CCCCC1. The lowest BCUT2D eigenvalue weighted by Crippen LogP contribution is -2.44. The first-order valence-electron chi connectivity index (χ1n) is 8.49. The molecule has 0 radical (unpaired) electrons. The maximum Gasteiger partial charge on any atom is 0.352 e. The number of H-pyrrole nitrogens is 1. The third-order valence-corrected chi connectivity index (χ3v) is 4.74. The number of carboxylic acid groups (broad SMARTS) is 1. The molecular formula is C16H23N3O5. The van der Waals surface area contributed by atoms with Crippen molar-refractivity contribution in [1.29, 1.82) is 0 Å². The molecule has 2 fully saturated rings. The number of aromatic amines is 1. The molecule has 1 aromatic rings. The molecule has 3 heterocycles. The Morgan fingerprint density at radius 2 is 1.96 bits per heavy atom. The Labute approximate surface area is 139 Å². The van der Waals surface area contributed by atoms with E-state index in [-0.39, 0.29) is 30.5 Å². The Bertz CT molecular complexity index is 711. The highest BCUT2D eigenvalue weighted by atomic mass is 16.5. The molecule has 2 N–H and O–H groups in total. The van der Waals surface area contributed by atoms with Crippen LogP contribution in [0.4, 0.5) is 0 Å². The molecule has 2 aliphatic rings. The third-order valence-electron chi connectivity index (χ3n) is 4.74. The van der Waals surface area contributed by atoms with Crippen LogP contribution in [0.5, 0.6) is 0 Å². The van der Waals surface area contributed by atoms with Crippen molar-refractivity contribution in [3.63, 3.8) is 0 Å². The van der Waals surface area contributed by atoms with Crippen LogP contribution in [-0.4, -0.2) is 51.3 Å². The monoisotopic (exact) mass is 337 g/mol. The molecule has 3 rings (SSSR count). The fourth-order valence-corrected chi connectivity index (χ4v) is 3.44. The van der Waals surface area contributed by atoms with E-state index in [2.05, 4.69) is 9.88 Å². The molecule has 1 atom stereocenters. The normalized spacial score (nSPS) is 21.9. The molecule has 8 nitrogen and oxygen atoms in total. The van der Waals surface area contributed by atoms with E-state index in [1.54, 1.807) is 0 Å². The zero-order chi connectivity index (χ0) is 17.1. The highest BCUT2D eigenvalue weighted by Crippen LogP contribution is 2.14. The average molecular weight is 337 g/mol. The second-order valence-corrected chi connectivity index (χ2v) is 6.48. The summed E-state index contributed by atoms with van der Waals surface area (Å²) in [6.07, 6.45) is 4.77. The predicted octanol–water partition coefficient (Wildman–Crippen LogP) is 0.400. The van der Waals surface area contributed by atoms with Crippen LogP contribution in [0.3, 0.4) is 0 Å². The molecule has 24 heavy (non-hydrogen) atoms. The number of nitrogens with one attached hydrogen (secondary N) is 1. The van der Waals surface area contributed by atoms with Gasteiger partial charge in [-0.2, -0.15) is 0 Å². The van der Waals surface area contributed by atoms with Gasteiger partial charge in [0, 0.05) is 13.2 Å². The molecule has 0 amide bonds. The molecular weight excluding hydrogens is 314 g/mol. The van der Waals surface area contributed by atoms with E-state index in [0.717, 1.165) is 49.8 Å². The molecule has 0 unspecified atom stereocenters. The molecule has 2 aliphatic heterocycles. The van der Waals surface area contributed by atoms with Gasteiger partial charge in [-0.1, -0.05) is 6.42 Å². The minimum Gasteiger partial charge on any atom is -0.477 e. The second kappa shape index (κ2) is 7.31. The summed E-state index contributed by atoms with van der Waals surface area (Å²) in [6.45, 7) is 2.72. The molecule has 2 saturated heterocycles.